The molecule has 1 fully saturated rings. The summed E-state index contributed by atoms with van der Waals surface area (Å²) in [7, 11) is 4.82. The average molecular weight is 500 g/mol. The fourth-order valence-corrected chi connectivity index (χ4v) is 5.53. The van der Waals surface area contributed by atoms with Gasteiger partial charge in [0.1, 0.15) is 18.0 Å². The molecule has 1 aromatic carbocycles. The first-order valence-corrected chi connectivity index (χ1v) is 12.9. The van der Waals surface area contributed by atoms with Gasteiger partial charge in [0.05, 0.1) is 37.5 Å². The number of carbonyl (C=O) groups is 2. The standard InChI is InChI=1S/C26H33N3O5S/c1-32-13-12-28(26(31)18-7-4-5-8-18)17-25(30)29-22(16-21(27-29)24-9-6-14-35-24)20-15-19(33-2)10-11-23(20)34-3/h6,9-11,14-15,18,22H,4-5,7-8,12-13,16-17H2,1-3H3. The lowest BCUT2D eigenvalue weighted by molar-refractivity contribution is -0.144. The van der Waals surface area contributed by atoms with Crippen LogP contribution in [0.4, 0.5) is 0 Å². The third-order valence-electron chi connectivity index (χ3n) is 6.67. The van der Waals surface area contributed by atoms with Crippen molar-refractivity contribution in [2.45, 2.75) is 38.1 Å². The second kappa shape index (κ2) is 11.7. The van der Waals surface area contributed by atoms with Crippen LogP contribution in [0, 0.1) is 5.92 Å². The van der Waals surface area contributed by atoms with Crippen molar-refractivity contribution in [1.29, 1.82) is 0 Å². The van der Waals surface area contributed by atoms with Gasteiger partial charge in [0.15, 0.2) is 0 Å². The van der Waals surface area contributed by atoms with Gasteiger partial charge in [0.25, 0.3) is 5.91 Å². The maximum absolute atomic E-state index is 13.7. The Balaban J connectivity index is 1.63. The summed E-state index contributed by atoms with van der Waals surface area (Å²) in [5.74, 6) is 1.13. The zero-order valence-electron chi connectivity index (χ0n) is 20.6. The molecule has 0 bridgehead atoms. The number of carbonyl (C=O) groups excluding carboxylic acids is 2. The third-order valence-corrected chi connectivity index (χ3v) is 7.59. The summed E-state index contributed by atoms with van der Waals surface area (Å²) in [5.41, 5.74) is 1.66. The van der Waals surface area contributed by atoms with Crippen molar-refractivity contribution in [3.8, 4) is 11.5 Å². The predicted octanol–water partition coefficient (Wildman–Crippen LogP) is 4.11. The number of ether oxygens (including phenoxy) is 3. The van der Waals surface area contributed by atoms with Crippen LogP contribution in [0.2, 0.25) is 0 Å². The minimum atomic E-state index is -0.365. The first-order chi connectivity index (χ1) is 17.0. The van der Waals surface area contributed by atoms with Crippen LogP contribution >= 0.6 is 11.3 Å². The highest BCUT2D eigenvalue weighted by atomic mass is 32.1. The molecule has 35 heavy (non-hydrogen) atoms. The second-order valence-corrected chi connectivity index (χ2v) is 9.77. The van der Waals surface area contributed by atoms with Gasteiger partial charge < -0.3 is 19.1 Å². The van der Waals surface area contributed by atoms with Gasteiger partial charge in [-0.15, -0.1) is 11.3 Å². The summed E-state index contributed by atoms with van der Waals surface area (Å²) in [4.78, 5) is 29.6. The number of nitrogens with zero attached hydrogens (tertiary/aromatic N) is 3. The summed E-state index contributed by atoms with van der Waals surface area (Å²) in [6, 6.07) is 9.18. The molecule has 0 N–H and O–H groups in total. The molecule has 9 heteroatoms. The molecule has 1 atom stereocenters. The smallest absolute Gasteiger partial charge is 0.262 e. The number of hydrazone groups is 1. The van der Waals surface area contributed by atoms with E-state index >= 15 is 0 Å². The molecule has 4 rings (SSSR count). The number of hydrogen-bond donors (Lipinski definition) is 0. The van der Waals surface area contributed by atoms with E-state index in [-0.39, 0.29) is 30.3 Å². The number of rotatable bonds is 10. The average Bonchev–Trinajstić information content (AvgIpc) is 3.67. The molecule has 0 saturated heterocycles. The Kier molecular flexibility index (Phi) is 8.41. The normalized spacial score (nSPS) is 18.0. The van der Waals surface area contributed by atoms with Crippen molar-refractivity contribution in [3.05, 3.63) is 46.2 Å². The Morgan fingerprint density at radius 1 is 1.14 bits per heavy atom. The van der Waals surface area contributed by atoms with Gasteiger partial charge in [-0.05, 0) is 42.5 Å². The molecule has 8 nitrogen and oxygen atoms in total. The molecule has 1 aromatic heterocycles. The fourth-order valence-electron chi connectivity index (χ4n) is 4.81. The van der Waals surface area contributed by atoms with E-state index in [9.17, 15) is 9.59 Å². The van der Waals surface area contributed by atoms with Crippen molar-refractivity contribution < 1.29 is 23.8 Å². The summed E-state index contributed by atoms with van der Waals surface area (Å²) in [6.45, 7) is 0.714. The van der Waals surface area contributed by atoms with Crippen LogP contribution in [0.15, 0.2) is 40.8 Å². The Bertz CT molecular complexity index is 1050. The lowest BCUT2D eigenvalue weighted by Gasteiger charge is -2.29. The van der Waals surface area contributed by atoms with E-state index in [2.05, 4.69) is 0 Å². The van der Waals surface area contributed by atoms with Crippen LogP contribution in [0.3, 0.4) is 0 Å². The zero-order valence-corrected chi connectivity index (χ0v) is 21.4. The minimum absolute atomic E-state index is 0.0160. The van der Waals surface area contributed by atoms with Gasteiger partial charge in [-0.3, -0.25) is 9.59 Å². The monoisotopic (exact) mass is 499 g/mol. The Hall–Kier alpha value is -2.91. The minimum Gasteiger partial charge on any atom is -0.497 e. The molecule has 1 aliphatic heterocycles. The summed E-state index contributed by atoms with van der Waals surface area (Å²) in [5, 5.41) is 8.27. The van der Waals surface area contributed by atoms with E-state index in [4.69, 9.17) is 19.3 Å². The van der Waals surface area contributed by atoms with Gasteiger partial charge in [0, 0.05) is 31.6 Å². The molecule has 188 valence electrons. The molecule has 2 aliphatic rings. The third kappa shape index (κ3) is 5.67. The van der Waals surface area contributed by atoms with Crippen LogP contribution < -0.4 is 9.47 Å². The SMILES string of the molecule is COCCN(CC(=O)N1N=C(c2cccs2)CC1c1cc(OC)ccc1OC)C(=O)C1CCCC1. The van der Waals surface area contributed by atoms with Crippen LogP contribution in [0.25, 0.3) is 0 Å². The zero-order chi connectivity index (χ0) is 24.8. The van der Waals surface area contributed by atoms with E-state index in [1.807, 2.05) is 35.7 Å². The molecule has 0 radical (unpaired) electrons. The van der Waals surface area contributed by atoms with Crippen LogP contribution in [0.1, 0.15) is 48.6 Å². The highest BCUT2D eigenvalue weighted by Crippen LogP contribution is 2.40. The molecular weight excluding hydrogens is 466 g/mol. The summed E-state index contributed by atoms with van der Waals surface area (Å²) in [6.07, 6.45) is 4.42. The molecule has 2 amide bonds. The maximum atomic E-state index is 13.7. The number of hydrogen-bond acceptors (Lipinski definition) is 7. The quantitative estimate of drug-likeness (QED) is 0.492. The molecule has 0 spiro atoms. The lowest BCUT2D eigenvalue weighted by Crippen LogP contribution is -2.44. The first-order valence-electron chi connectivity index (χ1n) is 12.0. The van der Waals surface area contributed by atoms with Crippen molar-refractivity contribution >= 4 is 28.9 Å². The molecule has 2 heterocycles. The first kappa shape index (κ1) is 25.2. The van der Waals surface area contributed by atoms with Gasteiger partial charge in [-0.1, -0.05) is 18.9 Å². The topological polar surface area (TPSA) is 80.7 Å². The van der Waals surface area contributed by atoms with Gasteiger partial charge >= 0.3 is 0 Å². The van der Waals surface area contributed by atoms with Crippen molar-refractivity contribution in [3.63, 3.8) is 0 Å². The maximum Gasteiger partial charge on any atom is 0.262 e. The van der Waals surface area contributed by atoms with Crippen molar-refractivity contribution in [2.75, 3.05) is 41.0 Å². The van der Waals surface area contributed by atoms with E-state index in [0.717, 1.165) is 41.8 Å². The predicted molar refractivity (Wildman–Crippen MR) is 135 cm³/mol. The van der Waals surface area contributed by atoms with Crippen LogP contribution in [0.5, 0.6) is 11.5 Å². The van der Waals surface area contributed by atoms with Gasteiger partial charge in [-0.25, -0.2) is 5.01 Å². The van der Waals surface area contributed by atoms with Crippen molar-refractivity contribution in [2.24, 2.45) is 11.0 Å². The van der Waals surface area contributed by atoms with E-state index in [1.54, 1.807) is 37.6 Å². The molecule has 1 unspecified atom stereocenters. The van der Waals surface area contributed by atoms with Gasteiger partial charge in [-0.2, -0.15) is 5.10 Å². The van der Waals surface area contributed by atoms with Gasteiger partial charge in [0.2, 0.25) is 5.91 Å². The molecule has 1 aliphatic carbocycles. The number of methoxy groups -OCH3 is 3. The Labute approximate surface area is 210 Å². The highest BCUT2D eigenvalue weighted by molar-refractivity contribution is 7.12. The van der Waals surface area contributed by atoms with E-state index in [1.165, 1.54) is 5.01 Å². The lowest BCUT2D eigenvalue weighted by atomic mass is 9.99. The Morgan fingerprint density at radius 2 is 1.94 bits per heavy atom. The highest BCUT2D eigenvalue weighted by Gasteiger charge is 2.37. The largest absolute Gasteiger partial charge is 0.497 e. The molecule has 1 saturated carbocycles. The second-order valence-electron chi connectivity index (χ2n) is 8.82. The van der Waals surface area contributed by atoms with E-state index < -0.39 is 0 Å². The van der Waals surface area contributed by atoms with E-state index in [0.29, 0.717) is 31.1 Å². The number of thiophene rings is 1. The van der Waals surface area contributed by atoms with Crippen molar-refractivity contribution in [1.82, 2.24) is 9.91 Å². The number of benzene rings is 1. The van der Waals surface area contributed by atoms with Crippen LogP contribution in [-0.2, 0) is 14.3 Å². The Morgan fingerprint density at radius 3 is 2.60 bits per heavy atom. The number of amides is 2. The van der Waals surface area contributed by atoms with Crippen LogP contribution in [-0.4, -0.2) is 68.5 Å². The summed E-state index contributed by atoms with van der Waals surface area (Å²) < 4.78 is 16.3. The molecular formula is C26H33N3O5S. The fraction of sp³-hybridized carbons (Fsp3) is 0.500. The summed E-state index contributed by atoms with van der Waals surface area (Å²) >= 11 is 1.59. The molecule has 2 aromatic rings.